The molecule has 0 aliphatic carbocycles. The minimum absolute atomic E-state index is 0.190. The Labute approximate surface area is 154 Å². The van der Waals surface area contributed by atoms with Gasteiger partial charge in [-0.1, -0.05) is 0 Å². The van der Waals surface area contributed by atoms with Crippen molar-refractivity contribution in [1.82, 2.24) is 20.1 Å². The van der Waals surface area contributed by atoms with Crippen LogP contribution in [0.2, 0.25) is 0 Å². The van der Waals surface area contributed by atoms with Crippen molar-refractivity contribution in [3.63, 3.8) is 0 Å². The van der Waals surface area contributed by atoms with Crippen LogP contribution in [0.5, 0.6) is 5.75 Å². The maximum atomic E-state index is 11.7. The highest BCUT2D eigenvalue weighted by atomic mass is 16.5. The van der Waals surface area contributed by atoms with Crippen LogP contribution in [0.1, 0.15) is 18.4 Å². The van der Waals surface area contributed by atoms with Gasteiger partial charge in [-0.2, -0.15) is 5.10 Å². The minimum atomic E-state index is -0.443. The summed E-state index contributed by atoms with van der Waals surface area (Å²) < 4.78 is 5.69. The van der Waals surface area contributed by atoms with E-state index >= 15 is 0 Å². The second-order valence-corrected chi connectivity index (χ2v) is 6.51. The van der Waals surface area contributed by atoms with Gasteiger partial charge in [0.2, 0.25) is 5.91 Å². The van der Waals surface area contributed by atoms with Crippen LogP contribution in [-0.2, 0) is 4.79 Å². The first-order valence-electron chi connectivity index (χ1n) is 8.58. The van der Waals surface area contributed by atoms with E-state index in [0.29, 0.717) is 6.61 Å². The number of ether oxygens (including phenoxy) is 1. The summed E-state index contributed by atoms with van der Waals surface area (Å²) in [5.41, 5.74) is 0.906. The molecule has 1 saturated heterocycles. The van der Waals surface area contributed by atoms with Crippen LogP contribution < -0.4 is 10.1 Å². The van der Waals surface area contributed by atoms with E-state index in [1.165, 1.54) is 7.05 Å². The lowest BCUT2D eigenvalue weighted by molar-refractivity contribution is -0.130. The number of carbonyl (C=O) groups excluding carboxylic acids is 2. The summed E-state index contributed by atoms with van der Waals surface area (Å²) in [6.07, 6.45) is 2.41. The standard InChI is InChI=1S/C18H27N5O3/c1-21(2)10-5-11-26-15-8-6-14(7-9-15)13-19-23(4)16-12-17(24)22(3)18(25)20-16/h6-9,13,16H,5,10-12H2,1-4H3,(H,20,25)/b19-13+. The van der Waals surface area contributed by atoms with Gasteiger partial charge in [0.15, 0.2) is 0 Å². The van der Waals surface area contributed by atoms with E-state index in [-0.39, 0.29) is 12.3 Å². The second kappa shape index (κ2) is 9.19. The molecule has 8 nitrogen and oxygen atoms in total. The summed E-state index contributed by atoms with van der Waals surface area (Å²) in [5.74, 6) is 0.596. The quantitative estimate of drug-likeness (QED) is 0.427. The van der Waals surface area contributed by atoms with E-state index in [2.05, 4.69) is 15.3 Å². The van der Waals surface area contributed by atoms with Crippen molar-refractivity contribution in [2.45, 2.75) is 19.0 Å². The van der Waals surface area contributed by atoms with Crippen molar-refractivity contribution >= 4 is 18.2 Å². The Balaban J connectivity index is 1.84. The number of carbonyl (C=O) groups is 2. The summed E-state index contributed by atoms with van der Waals surface area (Å²) >= 11 is 0. The maximum absolute atomic E-state index is 11.7. The fourth-order valence-electron chi connectivity index (χ4n) is 2.39. The number of nitrogens with zero attached hydrogens (tertiary/aromatic N) is 4. The van der Waals surface area contributed by atoms with Crippen molar-refractivity contribution in [3.8, 4) is 5.75 Å². The predicted molar refractivity (Wildman–Crippen MR) is 100 cm³/mol. The Morgan fingerprint density at radius 3 is 2.58 bits per heavy atom. The molecule has 1 N–H and O–H groups in total. The Morgan fingerprint density at radius 2 is 1.96 bits per heavy atom. The van der Waals surface area contributed by atoms with Crippen LogP contribution >= 0.6 is 0 Å². The summed E-state index contributed by atoms with van der Waals surface area (Å²) in [7, 11) is 7.26. The van der Waals surface area contributed by atoms with Gasteiger partial charge >= 0.3 is 6.03 Å². The summed E-state index contributed by atoms with van der Waals surface area (Å²) in [6.45, 7) is 1.67. The first kappa shape index (κ1) is 19.7. The number of hydrogen-bond donors (Lipinski definition) is 1. The molecule has 8 heteroatoms. The van der Waals surface area contributed by atoms with Crippen molar-refractivity contribution in [2.75, 3.05) is 41.3 Å². The molecule has 1 aromatic rings. The topological polar surface area (TPSA) is 77.5 Å². The zero-order valence-electron chi connectivity index (χ0n) is 15.8. The number of nitrogens with one attached hydrogen (secondary N) is 1. The molecule has 26 heavy (non-hydrogen) atoms. The normalized spacial score (nSPS) is 17.7. The van der Waals surface area contributed by atoms with Crippen molar-refractivity contribution in [2.24, 2.45) is 5.10 Å². The van der Waals surface area contributed by atoms with Crippen LogP contribution in [0, 0.1) is 0 Å². The van der Waals surface area contributed by atoms with Gasteiger partial charge in [-0.05, 0) is 50.3 Å². The molecule has 1 aromatic carbocycles. The summed E-state index contributed by atoms with van der Waals surface area (Å²) in [5, 5.41) is 8.62. The van der Waals surface area contributed by atoms with Gasteiger partial charge in [0.05, 0.1) is 19.2 Å². The number of benzene rings is 1. The van der Waals surface area contributed by atoms with E-state index < -0.39 is 12.2 Å². The first-order valence-corrected chi connectivity index (χ1v) is 8.58. The van der Waals surface area contributed by atoms with Gasteiger partial charge in [0.25, 0.3) is 0 Å². The van der Waals surface area contributed by atoms with Gasteiger partial charge in [-0.25, -0.2) is 4.79 Å². The molecule has 0 radical (unpaired) electrons. The van der Waals surface area contributed by atoms with Gasteiger partial charge in [0, 0.05) is 20.6 Å². The number of imide groups is 1. The number of hydrogen-bond acceptors (Lipinski definition) is 6. The molecule has 2 rings (SSSR count). The van der Waals surface area contributed by atoms with Crippen molar-refractivity contribution < 1.29 is 14.3 Å². The molecule has 1 aliphatic heterocycles. The fourth-order valence-corrected chi connectivity index (χ4v) is 2.39. The Hall–Kier alpha value is -2.61. The number of rotatable bonds is 8. The second-order valence-electron chi connectivity index (χ2n) is 6.51. The molecule has 1 atom stereocenters. The number of hydrazone groups is 1. The monoisotopic (exact) mass is 361 g/mol. The lowest BCUT2D eigenvalue weighted by Crippen LogP contribution is -2.57. The van der Waals surface area contributed by atoms with Gasteiger partial charge in [-0.15, -0.1) is 0 Å². The van der Waals surface area contributed by atoms with Crippen LogP contribution in [0.25, 0.3) is 0 Å². The molecule has 0 spiro atoms. The van der Waals surface area contributed by atoms with E-state index in [1.807, 2.05) is 38.4 Å². The Morgan fingerprint density at radius 1 is 1.27 bits per heavy atom. The smallest absolute Gasteiger partial charge is 0.325 e. The average Bonchev–Trinajstić information content (AvgIpc) is 2.61. The van der Waals surface area contributed by atoms with Crippen LogP contribution in [0.15, 0.2) is 29.4 Å². The largest absolute Gasteiger partial charge is 0.494 e. The molecule has 0 aromatic heterocycles. The molecule has 1 unspecified atom stereocenters. The van der Waals surface area contributed by atoms with Gasteiger partial charge < -0.3 is 15.0 Å². The summed E-state index contributed by atoms with van der Waals surface area (Å²) in [4.78, 5) is 26.6. The lowest BCUT2D eigenvalue weighted by atomic mass is 10.2. The van der Waals surface area contributed by atoms with Gasteiger partial charge in [0.1, 0.15) is 11.9 Å². The third-order valence-electron chi connectivity index (χ3n) is 4.08. The molecule has 1 fully saturated rings. The highest BCUT2D eigenvalue weighted by molar-refractivity contribution is 5.96. The first-order chi connectivity index (χ1) is 12.4. The van der Waals surface area contributed by atoms with E-state index in [0.717, 1.165) is 29.2 Å². The van der Waals surface area contributed by atoms with Crippen molar-refractivity contribution in [1.29, 1.82) is 0 Å². The number of urea groups is 1. The minimum Gasteiger partial charge on any atom is -0.494 e. The Kier molecular flexibility index (Phi) is 6.97. The van der Waals surface area contributed by atoms with Crippen LogP contribution in [0.4, 0.5) is 4.79 Å². The third-order valence-corrected chi connectivity index (χ3v) is 4.08. The predicted octanol–water partition coefficient (Wildman–Crippen LogP) is 1.18. The van der Waals surface area contributed by atoms with E-state index in [1.54, 1.807) is 18.3 Å². The molecule has 142 valence electrons. The Bertz CT molecular complexity index is 627. The zero-order valence-corrected chi connectivity index (χ0v) is 15.8. The highest BCUT2D eigenvalue weighted by Crippen LogP contribution is 2.12. The molecular weight excluding hydrogens is 334 g/mol. The maximum Gasteiger partial charge on any atom is 0.325 e. The molecular formula is C18H27N5O3. The summed E-state index contributed by atoms with van der Waals surface area (Å²) in [6, 6.07) is 7.22. The number of amides is 3. The molecule has 1 aliphatic rings. The molecule has 1 heterocycles. The van der Waals surface area contributed by atoms with Gasteiger partial charge in [-0.3, -0.25) is 14.7 Å². The average molecular weight is 361 g/mol. The van der Waals surface area contributed by atoms with E-state index in [9.17, 15) is 9.59 Å². The lowest BCUT2D eigenvalue weighted by Gasteiger charge is -2.32. The van der Waals surface area contributed by atoms with Crippen LogP contribution in [-0.4, -0.2) is 80.5 Å². The zero-order chi connectivity index (χ0) is 19.1. The van der Waals surface area contributed by atoms with Crippen LogP contribution in [0.3, 0.4) is 0 Å². The van der Waals surface area contributed by atoms with E-state index in [4.69, 9.17) is 4.74 Å². The molecule has 3 amide bonds. The molecule has 0 bridgehead atoms. The fraction of sp³-hybridized carbons (Fsp3) is 0.500. The molecule has 0 saturated carbocycles. The van der Waals surface area contributed by atoms with Crippen molar-refractivity contribution in [3.05, 3.63) is 29.8 Å². The SMILES string of the molecule is CN(C)CCCOc1ccc(/C=N/N(C)C2CC(=O)N(C)C(=O)N2)cc1. The third kappa shape index (κ3) is 5.73. The highest BCUT2D eigenvalue weighted by Gasteiger charge is 2.31.